The Hall–Kier alpha value is -2.37. The zero-order valence-corrected chi connectivity index (χ0v) is 40.1. The fraction of sp³-hybridized carbons (Fsp3) is 0.759. The fourth-order valence-electron chi connectivity index (χ4n) is 7.61. The summed E-state index contributed by atoms with van der Waals surface area (Å²) in [4.78, 5) is 13.0. The van der Waals surface area contributed by atoms with E-state index in [0.717, 1.165) is 83.5 Å². The number of rotatable bonds is 42. The van der Waals surface area contributed by atoms with Crippen molar-refractivity contribution in [3.05, 3.63) is 72.9 Å². The van der Waals surface area contributed by atoms with E-state index in [9.17, 15) is 30.3 Å². The molecular weight excluding hydrogens is 791 g/mol. The summed E-state index contributed by atoms with van der Waals surface area (Å²) < 4.78 is 11.2. The van der Waals surface area contributed by atoms with Gasteiger partial charge in [-0.2, -0.15) is 0 Å². The average Bonchev–Trinajstić information content (AvgIpc) is 3.28. The number of ether oxygens (including phenoxy) is 2. The van der Waals surface area contributed by atoms with Crippen LogP contribution < -0.4 is 5.32 Å². The highest BCUT2D eigenvalue weighted by Crippen LogP contribution is 2.22. The van der Waals surface area contributed by atoms with Crippen molar-refractivity contribution in [1.29, 1.82) is 0 Å². The summed E-state index contributed by atoms with van der Waals surface area (Å²) >= 11 is 0. The minimum absolute atomic E-state index is 0.206. The van der Waals surface area contributed by atoms with Gasteiger partial charge in [0.15, 0.2) is 6.29 Å². The summed E-state index contributed by atoms with van der Waals surface area (Å²) in [5.74, 6) is -0.206. The second kappa shape index (κ2) is 43.5. The predicted octanol–water partition coefficient (Wildman–Crippen LogP) is 11.7. The second-order valence-electron chi connectivity index (χ2n) is 17.6. The highest BCUT2D eigenvalue weighted by Gasteiger charge is 2.44. The second-order valence-corrected chi connectivity index (χ2v) is 17.6. The highest BCUT2D eigenvalue weighted by atomic mass is 16.7. The third-order valence-electron chi connectivity index (χ3n) is 11.7. The molecule has 1 fully saturated rings. The van der Waals surface area contributed by atoms with Gasteiger partial charge in [0.05, 0.1) is 25.4 Å². The largest absolute Gasteiger partial charge is 0.394 e. The first-order valence-corrected chi connectivity index (χ1v) is 25.7. The monoisotopic (exact) mass is 886 g/mol. The van der Waals surface area contributed by atoms with Crippen molar-refractivity contribution in [2.45, 2.75) is 249 Å². The van der Waals surface area contributed by atoms with Crippen LogP contribution in [0.15, 0.2) is 72.9 Å². The van der Waals surface area contributed by atoms with Gasteiger partial charge in [0.25, 0.3) is 0 Å². The summed E-state index contributed by atoms with van der Waals surface area (Å²) in [5.41, 5.74) is 0. The molecule has 1 saturated heterocycles. The molecule has 1 aliphatic heterocycles. The molecule has 1 heterocycles. The van der Waals surface area contributed by atoms with Crippen molar-refractivity contribution in [1.82, 2.24) is 5.32 Å². The minimum Gasteiger partial charge on any atom is -0.394 e. The van der Waals surface area contributed by atoms with Gasteiger partial charge >= 0.3 is 0 Å². The normalized spacial score (nSPS) is 20.8. The van der Waals surface area contributed by atoms with Crippen LogP contribution in [0.3, 0.4) is 0 Å². The number of unbranched alkanes of at least 4 members (excludes halogenated alkanes) is 22. The lowest BCUT2D eigenvalue weighted by atomic mass is 9.99. The van der Waals surface area contributed by atoms with Gasteiger partial charge in [0, 0.05) is 6.42 Å². The van der Waals surface area contributed by atoms with Crippen LogP contribution >= 0.6 is 0 Å². The van der Waals surface area contributed by atoms with Crippen LogP contribution in [-0.4, -0.2) is 87.5 Å². The Morgan fingerprint density at radius 1 is 0.540 bits per heavy atom. The molecule has 6 N–H and O–H groups in total. The Balaban J connectivity index is 2.36. The predicted molar refractivity (Wildman–Crippen MR) is 262 cm³/mol. The topological polar surface area (TPSA) is 149 Å². The molecule has 1 amide bonds. The maximum absolute atomic E-state index is 13.0. The molecule has 63 heavy (non-hydrogen) atoms. The Bertz CT molecular complexity index is 1210. The lowest BCUT2D eigenvalue weighted by Crippen LogP contribution is -2.60. The van der Waals surface area contributed by atoms with E-state index in [1.54, 1.807) is 6.08 Å². The third-order valence-corrected chi connectivity index (χ3v) is 11.7. The molecule has 0 spiro atoms. The van der Waals surface area contributed by atoms with E-state index in [0.29, 0.717) is 6.42 Å². The number of amides is 1. The van der Waals surface area contributed by atoms with Gasteiger partial charge in [-0.05, 0) is 83.5 Å². The van der Waals surface area contributed by atoms with Crippen molar-refractivity contribution >= 4 is 5.91 Å². The molecule has 0 radical (unpaired) electrons. The summed E-state index contributed by atoms with van der Waals surface area (Å²) in [6, 6.07) is -0.839. The lowest BCUT2D eigenvalue weighted by Gasteiger charge is -2.40. The molecule has 364 valence electrons. The first-order valence-electron chi connectivity index (χ1n) is 25.7. The zero-order valence-electron chi connectivity index (χ0n) is 40.1. The number of carbonyl (C=O) groups is 1. The lowest BCUT2D eigenvalue weighted by molar-refractivity contribution is -0.302. The number of allylic oxidation sites excluding steroid dienone is 11. The standard InChI is InChI=1S/C54H95NO8/c1-3-5-7-9-11-13-15-17-19-21-23-24-26-27-29-31-33-35-37-39-41-43-48(57)47(46-62-54-53(61)52(60)51(59)49(45-56)63-54)55-50(58)44-42-40-38-36-34-32-30-28-25-22-20-18-16-14-12-10-8-6-4-2/h12,14,18,20,25-28,33,35,41,43,47-49,51-54,56-57,59-61H,3-11,13,15-17,19,21-24,29-32,34,36-40,42,44-46H2,1-2H3,(H,55,58)/b14-12-,20-18-,27-26+,28-25-,35-33+,43-41+. The molecule has 7 unspecified atom stereocenters. The fourth-order valence-corrected chi connectivity index (χ4v) is 7.61. The maximum Gasteiger partial charge on any atom is 0.220 e. The summed E-state index contributed by atoms with van der Waals surface area (Å²) in [7, 11) is 0. The Labute approximate surface area is 385 Å². The minimum atomic E-state index is -1.58. The molecule has 9 nitrogen and oxygen atoms in total. The van der Waals surface area contributed by atoms with E-state index in [1.165, 1.54) is 103 Å². The number of hydrogen-bond donors (Lipinski definition) is 6. The van der Waals surface area contributed by atoms with Crippen molar-refractivity contribution in [2.24, 2.45) is 0 Å². The number of carbonyl (C=O) groups excluding carboxylic acids is 1. The number of nitrogens with one attached hydrogen (secondary N) is 1. The molecule has 9 heteroatoms. The molecule has 0 aromatic heterocycles. The molecule has 0 aromatic rings. The van der Waals surface area contributed by atoms with Crippen LogP contribution in [0.2, 0.25) is 0 Å². The van der Waals surface area contributed by atoms with Crippen molar-refractivity contribution in [3.8, 4) is 0 Å². The number of hydrogen-bond acceptors (Lipinski definition) is 8. The Kier molecular flexibility index (Phi) is 40.5. The van der Waals surface area contributed by atoms with Gasteiger partial charge in [-0.1, -0.05) is 189 Å². The van der Waals surface area contributed by atoms with Crippen LogP contribution in [0.25, 0.3) is 0 Å². The SMILES string of the molecule is CCCCC/C=C\C/C=C\C/C=C\CCCCCCCCC(=O)NC(COC1OC(CO)C(O)C(O)C1O)C(O)/C=C/CC/C=C/CC/C=C/CCCCCCCCCCCCC. The van der Waals surface area contributed by atoms with Crippen LogP contribution in [-0.2, 0) is 14.3 Å². The van der Waals surface area contributed by atoms with Gasteiger partial charge in [-0.25, -0.2) is 0 Å². The molecule has 1 aliphatic rings. The maximum atomic E-state index is 13.0. The van der Waals surface area contributed by atoms with Crippen LogP contribution in [0.4, 0.5) is 0 Å². The molecule has 0 bridgehead atoms. The Morgan fingerprint density at radius 2 is 0.952 bits per heavy atom. The van der Waals surface area contributed by atoms with Crippen LogP contribution in [0.1, 0.15) is 206 Å². The van der Waals surface area contributed by atoms with Gasteiger partial charge < -0.3 is 40.3 Å². The smallest absolute Gasteiger partial charge is 0.220 e. The van der Waals surface area contributed by atoms with Gasteiger partial charge in [0.1, 0.15) is 24.4 Å². The van der Waals surface area contributed by atoms with Crippen molar-refractivity contribution in [3.63, 3.8) is 0 Å². The van der Waals surface area contributed by atoms with E-state index in [2.05, 4.69) is 79.9 Å². The van der Waals surface area contributed by atoms with Gasteiger partial charge in [-0.3, -0.25) is 4.79 Å². The van der Waals surface area contributed by atoms with E-state index in [1.807, 2.05) is 6.08 Å². The molecule has 7 atom stereocenters. The zero-order chi connectivity index (χ0) is 45.9. The van der Waals surface area contributed by atoms with Crippen molar-refractivity contribution in [2.75, 3.05) is 13.2 Å². The molecular formula is C54H95NO8. The average molecular weight is 886 g/mol. The summed E-state index contributed by atoms with van der Waals surface area (Å²) in [5, 5.41) is 54.3. The summed E-state index contributed by atoms with van der Waals surface area (Å²) in [6.45, 7) is 3.71. The Morgan fingerprint density at radius 3 is 1.48 bits per heavy atom. The quantitative estimate of drug-likeness (QED) is 0.0262. The van der Waals surface area contributed by atoms with E-state index < -0.39 is 49.5 Å². The van der Waals surface area contributed by atoms with Gasteiger partial charge in [-0.15, -0.1) is 0 Å². The van der Waals surface area contributed by atoms with Crippen LogP contribution in [0, 0.1) is 0 Å². The van der Waals surface area contributed by atoms with E-state index in [4.69, 9.17) is 9.47 Å². The van der Waals surface area contributed by atoms with Crippen LogP contribution in [0.5, 0.6) is 0 Å². The first-order chi connectivity index (χ1) is 30.8. The van der Waals surface area contributed by atoms with E-state index >= 15 is 0 Å². The molecule has 0 aromatic carbocycles. The molecule has 1 rings (SSSR count). The first kappa shape index (κ1) is 58.6. The molecule has 0 saturated carbocycles. The molecule has 0 aliphatic carbocycles. The van der Waals surface area contributed by atoms with E-state index in [-0.39, 0.29) is 12.5 Å². The summed E-state index contributed by atoms with van der Waals surface area (Å²) in [6.07, 6.45) is 52.3. The highest BCUT2D eigenvalue weighted by molar-refractivity contribution is 5.76. The van der Waals surface area contributed by atoms with Crippen molar-refractivity contribution < 1.29 is 39.8 Å². The number of aliphatic hydroxyl groups is 5. The third kappa shape index (κ3) is 33.7. The number of aliphatic hydroxyl groups excluding tert-OH is 5. The van der Waals surface area contributed by atoms with Gasteiger partial charge in [0.2, 0.25) is 5.91 Å².